The van der Waals surface area contributed by atoms with Gasteiger partial charge in [-0.1, -0.05) is 0 Å². The molecule has 10 heavy (non-hydrogen) atoms. The zero-order chi connectivity index (χ0) is 5.98. The monoisotopic (exact) mass is 152 g/mol. The van der Waals surface area contributed by atoms with E-state index in [9.17, 15) is 9.59 Å². The van der Waals surface area contributed by atoms with Crippen LogP contribution in [0.4, 0.5) is 0 Å². The van der Waals surface area contributed by atoms with Crippen molar-refractivity contribution in [3.63, 3.8) is 0 Å². The third-order valence-corrected chi connectivity index (χ3v) is 1.37. The summed E-state index contributed by atoms with van der Waals surface area (Å²) in [6.45, 7) is 0. The van der Waals surface area contributed by atoms with Gasteiger partial charge in [0, 0.05) is 25.7 Å². The molecule has 0 heterocycles. The van der Waals surface area contributed by atoms with Crippen LogP contribution in [0.1, 0.15) is 25.7 Å². The molecule has 0 radical (unpaired) electrons. The topological polar surface area (TPSA) is 64.1 Å². The van der Waals surface area contributed by atoms with Crippen molar-refractivity contribution in [3.05, 3.63) is 0 Å². The molecule has 0 spiro atoms. The van der Waals surface area contributed by atoms with Gasteiger partial charge >= 0.3 is 29.6 Å². The molecule has 52 valence electrons. The Kier molecular flexibility index (Phi) is 7.81. The Labute approximate surface area is 81.8 Å². The van der Waals surface area contributed by atoms with E-state index >= 15 is 0 Å². The molecule has 0 unspecified atom stereocenters. The number of rotatable bonds is 0. The molecule has 0 bridgehead atoms. The van der Waals surface area contributed by atoms with Gasteiger partial charge in [-0.3, -0.25) is 9.59 Å². The van der Waals surface area contributed by atoms with Gasteiger partial charge in [-0.05, 0) is 0 Å². The number of Topliss-reactive ketones (excluding diaryl/α,β-unsaturated/α-hetero) is 2. The van der Waals surface area contributed by atoms with E-state index in [1.807, 2.05) is 0 Å². The Hall–Kier alpha value is 0.300. The summed E-state index contributed by atoms with van der Waals surface area (Å²) in [6, 6.07) is 0. The molecule has 0 amide bonds. The summed E-state index contributed by atoms with van der Waals surface area (Å²) in [5.41, 5.74) is 0. The first-order valence-corrected chi connectivity index (χ1v) is 2.82. The maximum atomic E-state index is 10.5. The molecule has 3 nitrogen and oxygen atoms in total. The fourth-order valence-corrected chi connectivity index (χ4v) is 0.808. The standard InChI is InChI=1S/C6H8O2.Na.H2O/c7-5-1-2-6(8)4-3-5;;/h1-4H2;;1H2/q;+1;/p-1. The molecule has 1 rings (SSSR count). The number of carbonyl (C=O) groups excluding carboxylic acids is 2. The largest absolute Gasteiger partial charge is 1.00 e. The van der Waals surface area contributed by atoms with Gasteiger partial charge in [0.05, 0.1) is 0 Å². The first kappa shape index (κ1) is 12.9. The minimum atomic E-state index is 0. The van der Waals surface area contributed by atoms with E-state index in [4.69, 9.17) is 0 Å². The predicted octanol–water partition coefficient (Wildman–Crippen LogP) is -2.47. The first-order chi connectivity index (χ1) is 3.79. The van der Waals surface area contributed by atoms with Gasteiger partial charge in [-0.25, -0.2) is 0 Å². The van der Waals surface area contributed by atoms with E-state index in [1.165, 1.54) is 0 Å². The molecular weight excluding hydrogens is 143 g/mol. The molecule has 0 aromatic rings. The second-order valence-corrected chi connectivity index (χ2v) is 2.08. The molecular formula is C6H9NaO3. The first-order valence-electron chi connectivity index (χ1n) is 2.82. The summed E-state index contributed by atoms with van der Waals surface area (Å²) >= 11 is 0. The Morgan fingerprint density at radius 3 is 1.20 bits per heavy atom. The number of hydrogen-bond acceptors (Lipinski definition) is 3. The zero-order valence-electron chi connectivity index (χ0n) is 6.09. The van der Waals surface area contributed by atoms with Gasteiger partial charge < -0.3 is 5.48 Å². The third-order valence-electron chi connectivity index (χ3n) is 1.37. The van der Waals surface area contributed by atoms with Crippen molar-refractivity contribution in [3.8, 4) is 0 Å². The molecule has 1 fully saturated rings. The van der Waals surface area contributed by atoms with Crippen LogP contribution in [-0.4, -0.2) is 17.0 Å². The molecule has 0 aliphatic heterocycles. The summed E-state index contributed by atoms with van der Waals surface area (Å²) in [4.78, 5) is 20.9. The van der Waals surface area contributed by atoms with Crippen molar-refractivity contribution < 1.29 is 44.6 Å². The summed E-state index contributed by atoms with van der Waals surface area (Å²) in [5.74, 6) is 0.481. The van der Waals surface area contributed by atoms with Gasteiger partial charge in [0.15, 0.2) is 0 Å². The van der Waals surface area contributed by atoms with Crippen molar-refractivity contribution >= 4 is 11.6 Å². The number of carbonyl (C=O) groups is 2. The van der Waals surface area contributed by atoms with Crippen molar-refractivity contribution in [2.45, 2.75) is 25.7 Å². The van der Waals surface area contributed by atoms with Crippen LogP contribution in [0.15, 0.2) is 0 Å². The van der Waals surface area contributed by atoms with Gasteiger partial charge in [0.25, 0.3) is 0 Å². The Bertz CT molecular complexity index is 105. The normalized spacial score (nSPS) is 17.2. The van der Waals surface area contributed by atoms with Crippen LogP contribution in [0, 0.1) is 0 Å². The summed E-state index contributed by atoms with van der Waals surface area (Å²) in [7, 11) is 0. The minimum Gasteiger partial charge on any atom is -0.870 e. The molecule has 0 atom stereocenters. The van der Waals surface area contributed by atoms with Crippen molar-refractivity contribution in [2.24, 2.45) is 0 Å². The molecule has 0 aromatic carbocycles. The number of ketones is 2. The molecule has 1 aliphatic rings. The fourth-order valence-electron chi connectivity index (χ4n) is 0.808. The molecule has 0 aromatic heterocycles. The van der Waals surface area contributed by atoms with Crippen LogP contribution in [0.3, 0.4) is 0 Å². The molecule has 1 N–H and O–H groups in total. The van der Waals surface area contributed by atoms with Crippen LogP contribution in [-0.2, 0) is 9.59 Å². The van der Waals surface area contributed by atoms with E-state index in [0.717, 1.165) is 0 Å². The zero-order valence-corrected chi connectivity index (χ0v) is 8.09. The Balaban J connectivity index is 0. The van der Waals surface area contributed by atoms with Crippen molar-refractivity contribution in [2.75, 3.05) is 0 Å². The van der Waals surface area contributed by atoms with Crippen LogP contribution in [0.5, 0.6) is 0 Å². The van der Waals surface area contributed by atoms with Gasteiger partial charge in [0.2, 0.25) is 0 Å². The quantitative estimate of drug-likeness (QED) is 0.361. The fraction of sp³-hybridized carbons (Fsp3) is 0.667. The molecule has 0 saturated heterocycles. The average Bonchev–Trinajstić information content (AvgIpc) is 1.77. The SMILES string of the molecule is O=C1CCC(=O)CC1.[Na+].[OH-]. The summed E-state index contributed by atoms with van der Waals surface area (Å²) < 4.78 is 0. The summed E-state index contributed by atoms with van der Waals surface area (Å²) in [5, 5.41) is 0. The number of hydrogen-bond donors (Lipinski definition) is 0. The Morgan fingerprint density at radius 1 is 0.800 bits per heavy atom. The van der Waals surface area contributed by atoms with E-state index in [-0.39, 0.29) is 46.6 Å². The van der Waals surface area contributed by atoms with E-state index in [2.05, 4.69) is 0 Å². The average molecular weight is 152 g/mol. The second kappa shape index (κ2) is 6.04. The van der Waals surface area contributed by atoms with E-state index < -0.39 is 0 Å². The van der Waals surface area contributed by atoms with E-state index in [1.54, 1.807) is 0 Å². The van der Waals surface area contributed by atoms with Crippen LogP contribution >= 0.6 is 0 Å². The summed E-state index contributed by atoms with van der Waals surface area (Å²) in [6.07, 6.45) is 1.94. The van der Waals surface area contributed by atoms with Crippen LogP contribution < -0.4 is 29.6 Å². The minimum absolute atomic E-state index is 0. The molecule has 1 aliphatic carbocycles. The predicted molar refractivity (Wildman–Crippen MR) is 30.4 cm³/mol. The molecule has 1 saturated carbocycles. The third kappa shape index (κ3) is 4.17. The van der Waals surface area contributed by atoms with E-state index in [0.29, 0.717) is 25.7 Å². The van der Waals surface area contributed by atoms with Crippen LogP contribution in [0.2, 0.25) is 0 Å². The molecule has 4 heteroatoms. The van der Waals surface area contributed by atoms with Gasteiger partial charge in [0.1, 0.15) is 11.6 Å². The van der Waals surface area contributed by atoms with Gasteiger partial charge in [-0.2, -0.15) is 0 Å². The maximum absolute atomic E-state index is 10.5. The second-order valence-electron chi connectivity index (χ2n) is 2.08. The van der Waals surface area contributed by atoms with Crippen molar-refractivity contribution in [1.82, 2.24) is 0 Å². The smallest absolute Gasteiger partial charge is 0.870 e. The Morgan fingerprint density at radius 2 is 1.00 bits per heavy atom. The van der Waals surface area contributed by atoms with Crippen molar-refractivity contribution in [1.29, 1.82) is 0 Å². The maximum Gasteiger partial charge on any atom is 1.00 e. The van der Waals surface area contributed by atoms with Crippen LogP contribution in [0.25, 0.3) is 0 Å². The van der Waals surface area contributed by atoms with Gasteiger partial charge in [-0.15, -0.1) is 0 Å².